The van der Waals surface area contributed by atoms with Crippen LogP contribution in [0.3, 0.4) is 0 Å². The van der Waals surface area contributed by atoms with E-state index in [1.54, 1.807) is 16.2 Å². The highest BCUT2D eigenvalue weighted by molar-refractivity contribution is 7.13. The number of aromatic nitrogens is 1. The van der Waals surface area contributed by atoms with E-state index in [1.807, 2.05) is 119 Å². The van der Waals surface area contributed by atoms with E-state index >= 15 is 0 Å². The van der Waals surface area contributed by atoms with Crippen LogP contribution in [0.5, 0.6) is 0 Å². The molecule has 3 aliphatic rings. The van der Waals surface area contributed by atoms with E-state index in [2.05, 4.69) is 20.9 Å². The third kappa shape index (κ3) is 13.2. The smallest absolute Gasteiger partial charge is 0.246 e. The lowest BCUT2D eigenvalue weighted by molar-refractivity contribution is -0.144. The van der Waals surface area contributed by atoms with Crippen molar-refractivity contribution < 1.29 is 38.6 Å². The number of amides is 6. The number of nitrogens with one attached hydrogen (secondary N) is 3. The number of aliphatic hydroxyl groups is 1. The summed E-state index contributed by atoms with van der Waals surface area (Å²) < 4.78 is 6.24. The van der Waals surface area contributed by atoms with Crippen LogP contribution in [0.1, 0.15) is 106 Å². The quantitative estimate of drug-likeness (QED) is 0.0648. The van der Waals surface area contributed by atoms with Gasteiger partial charge in [0.2, 0.25) is 35.4 Å². The first kappa shape index (κ1) is 52.6. The molecule has 3 aliphatic heterocycles. The van der Waals surface area contributed by atoms with Gasteiger partial charge in [0, 0.05) is 38.8 Å². The molecule has 1 aromatic heterocycles. The van der Waals surface area contributed by atoms with Gasteiger partial charge in [0.1, 0.15) is 18.1 Å². The molecule has 0 spiro atoms. The molecule has 6 amide bonds. The summed E-state index contributed by atoms with van der Waals surface area (Å²) in [6.45, 7) is 9.89. The Morgan fingerprint density at radius 2 is 1.68 bits per heavy atom. The molecule has 0 bridgehead atoms. The number of para-hydroxylation sites is 1. The summed E-state index contributed by atoms with van der Waals surface area (Å²) in [6.07, 6.45) is 5.87. The van der Waals surface area contributed by atoms with Crippen molar-refractivity contribution in [2.24, 2.45) is 16.9 Å². The molecular weight excluding hydrogens is 921 g/mol. The number of unbranched alkanes of at least 4 members (excludes halogenated alkanes) is 1. The topological polar surface area (TPSA) is 239 Å². The number of allylic oxidation sites excluding steroid dienone is 1. The molecule has 4 heterocycles. The first-order chi connectivity index (χ1) is 33.9. The Kier molecular flexibility index (Phi) is 17.3. The number of aliphatic hydroxyl groups excluding tert-OH is 1. The van der Waals surface area contributed by atoms with Crippen LogP contribution in [0.4, 0.5) is 5.69 Å². The van der Waals surface area contributed by atoms with Gasteiger partial charge in [0.25, 0.3) is 0 Å². The van der Waals surface area contributed by atoms with Crippen LogP contribution in [0.15, 0.2) is 78.3 Å². The van der Waals surface area contributed by atoms with Gasteiger partial charge in [0.15, 0.2) is 0 Å². The Morgan fingerprint density at radius 3 is 2.37 bits per heavy atom. The van der Waals surface area contributed by atoms with E-state index in [1.165, 1.54) is 4.90 Å². The number of hydrogen-bond acceptors (Lipinski definition) is 11. The maximum absolute atomic E-state index is 14.1. The Hall–Kier alpha value is -6.27. The van der Waals surface area contributed by atoms with E-state index in [0.29, 0.717) is 32.1 Å². The molecule has 8 N–H and O–H groups in total. The van der Waals surface area contributed by atoms with Crippen molar-refractivity contribution in [1.82, 2.24) is 25.8 Å². The summed E-state index contributed by atoms with van der Waals surface area (Å²) in [6, 6.07) is 17.7. The van der Waals surface area contributed by atoms with Crippen molar-refractivity contribution in [1.29, 1.82) is 0 Å². The van der Waals surface area contributed by atoms with Crippen molar-refractivity contribution >= 4 is 58.5 Å². The van der Waals surface area contributed by atoms with Crippen molar-refractivity contribution in [2.75, 3.05) is 11.4 Å². The zero-order valence-electron chi connectivity index (χ0n) is 41.3. The predicted octanol–water partition coefficient (Wildman–Crippen LogP) is 5.00. The number of likely N-dealkylation sites (tertiary alicyclic amines) is 1. The monoisotopic (exact) mass is 988 g/mol. The fourth-order valence-corrected chi connectivity index (χ4v) is 10.4. The fraction of sp³-hybridized carbons (Fsp3) is 0.463. The van der Waals surface area contributed by atoms with Crippen LogP contribution in [0.2, 0.25) is 0 Å². The minimum absolute atomic E-state index is 0.00364. The third-order valence-corrected chi connectivity index (χ3v) is 14.6. The normalized spacial score (nSPS) is 20.0. The molecular formula is C54H68N8O8S. The molecule has 17 heteroatoms. The van der Waals surface area contributed by atoms with E-state index in [9.17, 15) is 33.9 Å². The van der Waals surface area contributed by atoms with Crippen LogP contribution in [0, 0.1) is 12.3 Å². The van der Waals surface area contributed by atoms with E-state index in [-0.39, 0.29) is 69.0 Å². The average Bonchev–Trinajstić information content (AvgIpc) is 4.06. The number of primary amides is 1. The van der Waals surface area contributed by atoms with E-state index in [0.717, 1.165) is 49.6 Å². The summed E-state index contributed by atoms with van der Waals surface area (Å²) in [7, 11) is 0. The van der Waals surface area contributed by atoms with Gasteiger partial charge in [0.05, 0.1) is 52.7 Å². The molecule has 0 saturated carbocycles. The lowest BCUT2D eigenvalue weighted by Crippen LogP contribution is -2.57. The number of carbonyl (C=O) groups excluding carboxylic acids is 6. The summed E-state index contributed by atoms with van der Waals surface area (Å²) in [5.74, 6) is -2.15. The SMILES string of the molecule is Cc1ncsc1-c1ccc(CNC(=O)[C@@H]2C[C@@H](O)CN2C(=O)[C@@H](NC(=O)CCC/C=C/c2ccc(CO[C@H](C)[C@H](CCC(N)=O)NC(=O)[C@@H]3Cc4cccc5c4N3C(=O)[C@@H](N)CC5)cc2)C(C)(C)C)cc1. The van der Waals surface area contributed by atoms with E-state index < -0.39 is 59.6 Å². The number of ether oxygens (including phenoxy) is 1. The first-order valence-electron chi connectivity index (χ1n) is 24.6. The van der Waals surface area contributed by atoms with Crippen LogP contribution in [0.25, 0.3) is 16.5 Å². The fourth-order valence-electron chi connectivity index (χ4n) is 9.55. The van der Waals surface area contributed by atoms with Crippen LogP contribution in [-0.4, -0.2) is 99.4 Å². The standard InChI is InChI=1S/C54H68N8O8S/c1-32-48(71-31-58-32)38-20-18-35(19-21-38)28-57-50(66)43-27-40(63)29-61(43)53(69)49(54(3,4)5)60-46(65)13-8-6-7-10-34-14-16-36(17-15-34)30-70-33(2)42(24-25-45(56)64)59-51(67)44-26-39-12-9-11-37-22-23-41(55)52(68)62(44)47(37)39/h7,9-12,14-21,31,33,40-44,49,63H,6,8,13,22-30,55H2,1-5H3,(H2,56,64)(H,57,66)(H,59,67)(H,60,65)/b10-7+/t33-,40-,41+,42+,43+,44+,49-/m1/s1. The molecule has 16 nitrogen and oxygen atoms in total. The maximum Gasteiger partial charge on any atom is 0.246 e. The van der Waals surface area contributed by atoms with E-state index in [4.69, 9.17) is 16.2 Å². The van der Waals surface area contributed by atoms with Crippen molar-refractivity contribution in [3.63, 3.8) is 0 Å². The Labute approximate surface area is 420 Å². The van der Waals surface area contributed by atoms with Crippen LogP contribution < -0.4 is 32.3 Å². The van der Waals surface area contributed by atoms with Gasteiger partial charge in [-0.3, -0.25) is 33.7 Å². The number of thiazole rings is 1. The Bertz CT molecular complexity index is 2590. The summed E-state index contributed by atoms with van der Waals surface area (Å²) in [5.41, 5.74) is 20.4. The second kappa shape index (κ2) is 23.3. The number of nitrogens with two attached hydrogens (primary N) is 2. The van der Waals surface area contributed by atoms with Gasteiger partial charge in [-0.05, 0) is 84.7 Å². The number of carbonyl (C=O) groups is 6. The molecule has 1 saturated heterocycles. The zero-order chi connectivity index (χ0) is 51.0. The molecule has 4 aromatic rings. The molecule has 0 unspecified atom stereocenters. The molecule has 0 radical (unpaired) electrons. The zero-order valence-corrected chi connectivity index (χ0v) is 42.1. The lowest BCUT2D eigenvalue weighted by atomic mass is 9.85. The molecule has 3 aromatic carbocycles. The van der Waals surface area contributed by atoms with Gasteiger partial charge in [-0.15, -0.1) is 11.3 Å². The number of rotatable bonds is 20. The summed E-state index contributed by atoms with van der Waals surface area (Å²) in [4.78, 5) is 88.4. The third-order valence-electron chi connectivity index (χ3n) is 13.6. The van der Waals surface area contributed by atoms with Gasteiger partial charge in [-0.2, -0.15) is 0 Å². The molecule has 378 valence electrons. The molecule has 0 aliphatic carbocycles. The highest BCUT2D eigenvalue weighted by Crippen LogP contribution is 2.39. The molecule has 7 atom stereocenters. The second-order valence-corrected chi connectivity index (χ2v) is 21.0. The van der Waals surface area contributed by atoms with Crippen molar-refractivity contribution in [3.8, 4) is 10.4 Å². The Morgan fingerprint density at radius 1 is 0.958 bits per heavy atom. The number of β-amino-alcohol motifs (C(OH)–C–C–N with tert-alkyl or cyclic N) is 1. The molecule has 71 heavy (non-hydrogen) atoms. The lowest BCUT2D eigenvalue weighted by Gasteiger charge is -2.35. The number of nitrogens with zero attached hydrogens (tertiary/aromatic N) is 3. The molecule has 7 rings (SSSR count). The van der Waals surface area contributed by atoms with Gasteiger partial charge >= 0.3 is 0 Å². The maximum atomic E-state index is 14.1. The highest BCUT2D eigenvalue weighted by Gasteiger charge is 2.45. The molecule has 1 fully saturated rings. The van der Waals surface area contributed by atoms with Crippen LogP contribution in [-0.2, 0) is 59.5 Å². The number of hydrogen-bond donors (Lipinski definition) is 6. The largest absolute Gasteiger partial charge is 0.391 e. The number of aryl methyl sites for hydroxylation is 2. The number of benzene rings is 3. The first-order valence-corrected chi connectivity index (χ1v) is 25.5. The number of anilines is 1. The average molecular weight is 989 g/mol. The predicted molar refractivity (Wildman–Crippen MR) is 273 cm³/mol. The van der Waals surface area contributed by atoms with Crippen LogP contribution >= 0.6 is 11.3 Å². The van der Waals surface area contributed by atoms with Crippen molar-refractivity contribution in [2.45, 2.75) is 148 Å². The van der Waals surface area contributed by atoms with Crippen molar-refractivity contribution in [3.05, 3.63) is 112 Å². The highest BCUT2D eigenvalue weighted by atomic mass is 32.1. The van der Waals surface area contributed by atoms with Gasteiger partial charge in [-0.1, -0.05) is 99.7 Å². The van der Waals surface area contributed by atoms with Gasteiger partial charge in [-0.25, -0.2) is 4.98 Å². The minimum atomic E-state index is -0.913. The summed E-state index contributed by atoms with van der Waals surface area (Å²) >= 11 is 1.57. The summed E-state index contributed by atoms with van der Waals surface area (Å²) in [5, 5.41) is 19.6. The second-order valence-electron chi connectivity index (χ2n) is 20.1. The minimum Gasteiger partial charge on any atom is -0.391 e. The van der Waals surface area contributed by atoms with Gasteiger partial charge < -0.3 is 42.2 Å². The Balaban J connectivity index is 0.859.